The summed E-state index contributed by atoms with van der Waals surface area (Å²) in [7, 11) is -2.23. The monoisotopic (exact) mass is 513 g/mol. The van der Waals surface area contributed by atoms with Gasteiger partial charge in [-0.05, 0) is 29.1 Å². The number of benzene rings is 2. The number of aromatic amines is 1. The molecule has 0 saturated carbocycles. The third-order valence-electron chi connectivity index (χ3n) is 5.25. The molecule has 2 N–H and O–H groups in total. The molecule has 1 atom stereocenters. The fourth-order valence-electron chi connectivity index (χ4n) is 3.41. The number of fused-ring (bicyclic) bond motifs is 1. The van der Waals surface area contributed by atoms with Gasteiger partial charge in [0.25, 0.3) is 15.9 Å². The summed E-state index contributed by atoms with van der Waals surface area (Å²) in [4.78, 5) is 27.3. The van der Waals surface area contributed by atoms with Crippen molar-refractivity contribution in [2.24, 2.45) is 0 Å². The number of aromatic nitrogens is 1. The zero-order chi connectivity index (χ0) is 24.1. The fraction of sp³-hybridized carbons (Fsp3) is 0.167. The highest BCUT2D eigenvalue weighted by Gasteiger charge is 2.24. The first-order valence-electron chi connectivity index (χ1n) is 10.4. The molecule has 2 aromatic heterocycles. The molecule has 2 aromatic carbocycles. The van der Waals surface area contributed by atoms with E-state index in [1.807, 2.05) is 36.4 Å². The number of thioether (sulfide) groups is 1. The molecule has 0 aliphatic rings. The van der Waals surface area contributed by atoms with Crippen LogP contribution in [0.1, 0.15) is 16.1 Å². The van der Waals surface area contributed by atoms with Crippen molar-refractivity contribution in [1.82, 2.24) is 10.3 Å². The van der Waals surface area contributed by atoms with E-state index in [1.54, 1.807) is 35.7 Å². The number of nitrogens with zero attached hydrogens (tertiary/aromatic N) is 1. The van der Waals surface area contributed by atoms with Crippen LogP contribution >= 0.6 is 23.1 Å². The summed E-state index contributed by atoms with van der Waals surface area (Å²) in [5.74, 6) is 0.305. The highest BCUT2D eigenvalue weighted by atomic mass is 32.2. The van der Waals surface area contributed by atoms with Gasteiger partial charge in [-0.15, -0.1) is 23.1 Å². The molecule has 0 aliphatic carbocycles. The maximum absolute atomic E-state index is 13.0. The van der Waals surface area contributed by atoms with Gasteiger partial charge in [0.2, 0.25) is 0 Å². The molecule has 1 amide bonds. The molecule has 0 radical (unpaired) electrons. The van der Waals surface area contributed by atoms with Crippen LogP contribution in [-0.4, -0.2) is 44.4 Å². The van der Waals surface area contributed by atoms with E-state index in [-0.39, 0.29) is 21.9 Å². The van der Waals surface area contributed by atoms with Crippen LogP contribution in [0.5, 0.6) is 0 Å². The van der Waals surface area contributed by atoms with E-state index >= 15 is 0 Å². The zero-order valence-electron chi connectivity index (χ0n) is 18.3. The Morgan fingerprint density at radius 2 is 1.94 bits per heavy atom. The second-order valence-corrected chi connectivity index (χ2v) is 11.9. The van der Waals surface area contributed by atoms with E-state index in [2.05, 4.69) is 10.3 Å². The molecular weight excluding hydrogens is 490 g/mol. The number of nitrogens with one attached hydrogen (secondary N) is 2. The van der Waals surface area contributed by atoms with Crippen molar-refractivity contribution in [1.29, 1.82) is 0 Å². The quantitative estimate of drug-likeness (QED) is 0.308. The summed E-state index contributed by atoms with van der Waals surface area (Å²) >= 11 is 2.61. The molecule has 0 saturated heterocycles. The third-order valence-corrected chi connectivity index (χ3v) is 9.60. The van der Waals surface area contributed by atoms with E-state index in [0.29, 0.717) is 28.0 Å². The summed E-state index contributed by atoms with van der Waals surface area (Å²) in [5.41, 5.74) is 2.38. The average Bonchev–Trinajstić information content (AvgIpc) is 3.55. The van der Waals surface area contributed by atoms with Gasteiger partial charge in [-0.2, -0.15) is 0 Å². The Hall–Kier alpha value is -3.08. The molecule has 0 bridgehead atoms. The molecule has 176 valence electrons. The van der Waals surface area contributed by atoms with Crippen LogP contribution in [0.25, 0.3) is 10.9 Å². The van der Waals surface area contributed by atoms with Gasteiger partial charge in [0.15, 0.2) is 0 Å². The van der Waals surface area contributed by atoms with Crippen molar-refractivity contribution < 1.29 is 18.0 Å². The lowest BCUT2D eigenvalue weighted by Gasteiger charge is -2.19. The zero-order valence-corrected chi connectivity index (χ0v) is 20.8. The van der Waals surface area contributed by atoms with Gasteiger partial charge < -0.3 is 15.1 Å². The average molecular weight is 514 g/mol. The molecule has 1 unspecified atom stereocenters. The van der Waals surface area contributed by atoms with Crippen LogP contribution in [0, 0.1) is 0 Å². The Bertz CT molecular complexity index is 1380. The largest absolute Gasteiger partial charge is 0.349 e. The Balaban J connectivity index is 1.47. The normalized spacial score (nSPS) is 12.4. The standard InChI is InChI=1S/C24H23N3O4S3/c1-27(34(30,31)22-11-6-12-32-22)21-10-5-9-18-13-20(26-23(18)21)24(29)25-14-19(15-28)33-16-17-7-3-2-4-8-17/h2-13,15,19,26H,14,16H2,1H3,(H,25,29). The molecule has 10 heteroatoms. The predicted octanol–water partition coefficient (Wildman–Crippen LogP) is 4.29. The minimum Gasteiger partial charge on any atom is -0.349 e. The molecule has 4 aromatic rings. The SMILES string of the molecule is CN(c1cccc2cc(C(=O)NCC(C=O)SCc3ccccc3)[nH]c12)S(=O)(=O)c1cccs1. The lowest BCUT2D eigenvalue weighted by Crippen LogP contribution is -2.31. The maximum Gasteiger partial charge on any atom is 0.273 e. The minimum absolute atomic E-state index is 0.189. The van der Waals surface area contributed by atoms with Gasteiger partial charge in [0.05, 0.1) is 16.5 Å². The Kier molecular flexibility index (Phi) is 7.40. The molecule has 0 fully saturated rings. The van der Waals surface area contributed by atoms with Gasteiger partial charge in [-0.25, -0.2) is 8.42 Å². The van der Waals surface area contributed by atoms with E-state index < -0.39 is 10.0 Å². The number of aldehydes is 1. The minimum atomic E-state index is -3.72. The van der Waals surface area contributed by atoms with Crippen LogP contribution < -0.4 is 9.62 Å². The Morgan fingerprint density at radius 1 is 1.15 bits per heavy atom. The van der Waals surface area contributed by atoms with Crippen LogP contribution in [0.4, 0.5) is 5.69 Å². The van der Waals surface area contributed by atoms with Crippen molar-refractivity contribution in [3.63, 3.8) is 0 Å². The highest BCUT2D eigenvalue weighted by molar-refractivity contribution is 7.99. The molecule has 7 nitrogen and oxygen atoms in total. The number of hydrogen-bond acceptors (Lipinski definition) is 6. The van der Waals surface area contributed by atoms with E-state index in [0.717, 1.165) is 23.2 Å². The number of sulfonamides is 1. The topological polar surface area (TPSA) is 99.3 Å². The smallest absolute Gasteiger partial charge is 0.273 e. The van der Waals surface area contributed by atoms with Crippen molar-refractivity contribution in [3.05, 3.63) is 83.4 Å². The van der Waals surface area contributed by atoms with E-state index in [9.17, 15) is 18.0 Å². The lowest BCUT2D eigenvalue weighted by molar-refractivity contribution is -0.107. The van der Waals surface area contributed by atoms with Crippen LogP contribution in [0.15, 0.2) is 76.3 Å². The van der Waals surface area contributed by atoms with Crippen LogP contribution in [0.2, 0.25) is 0 Å². The number of H-pyrrole nitrogens is 1. The number of para-hydroxylation sites is 1. The predicted molar refractivity (Wildman–Crippen MR) is 138 cm³/mol. The number of carbonyl (C=O) groups excluding carboxylic acids is 2. The van der Waals surface area contributed by atoms with Gasteiger partial charge in [-0.3, -0.25) is 9.10 Å². The van der Waals surface area contributed by atoms with Gasteiger partial charge in [0.1, 0.15) is 16.2 Å². The third kappa shape index (κ3) is 5.19. The van der Waals surface area contributed by atoms with Crippen LogP contribution in [0.3, 0.4) is 0 Å². The molecular formula is C24H23N3O4S3. The Labute approximate surface area is 206 Å². The van der Waals surface area contributed by atoms with Crippen LogP contribution in [-0.2, 0) is 20.6 Å². The number of rotatable bonds is 10. The summed E-state index contributed by atoms with van der Waals surface area (Å²) in [6, 6.07) is 20.0. The summed E-state index contributed by atoms with van der Waals surface area (Å²) < 4.78 is 27.4. The van der Waals surface area contributed by atoms with Crippen molar-refractivity contribution >= 4 is 61.9 Å². The van der Waals surface area contributed by atoms with Gasteiger partial charge >= 0.3 is 0 Å². The van der Waals surface area contributed by atoms with E-state index in [4.69, 9.17) is 0 Å². The first-order valence-corrected chi connectivity index (χ1v) is 13.8. The van der Waals surface area contributed by atoms with E-state index in [1.165, 1.54) is 23.1 Å². The first kappa shape index (κ1) is 24.1. The molecule has 4 rings (SSSR count). The second kappa shape index (κ2) is 10.5. The number of hydrogen-bond donors (Lipinski definition) is 2. The summed E-state index contributed by atoms with van der Waals surface area (Å²) in [6.45, 7) is 0.189. The number of carbonyl (C=O) groups is 2. The molecule has 0 spiro atoms. The number of amides is 1. The molecule has 34 heavy (non-hydrogen) atoms. The van der Waals surface area contributed by atoms with Crippen molar-refractivity contribution in [2.75, 3.05) is 17.9 Å². The van der Waals surface area contributed by atoms with Crippen molar-refractivity contribution in [3.8, 4) is 0 Å². The summed E-state index contributed by atoms with van der Waals surface area (Å²) in [6.07, 6.45) is 0.835. The van der Waals surface area contributed by atoms with Gasteiger partial charge in [-0.1, -0.05) is 48.5 Å². The summed E-state index contributed by atoms with van der Waals surface area (Å²) in [5, 5.41) is 4.83. The highest BCUT2D eigenvalue weighted by Crippen LogP contribution is 2.31. The second-order valence-electron chi connectivity index (χ2n) is 7.51. The van der Waals surface area contributed by atoms with Gasteiger partial charge in [0, 0.05) is 24.7 Å². The number of thiophene rings is 1. The number of anilines is 1. The Morgan fingerprint density at radius 3 is 2.65 bits per heavy atom. The maximum atomic E-state index is 13.0. The fourth-order valence-corrected chi connectivity index (χ4v) is 6.66. The lowest BCUT2D eigenvalue weighted by atomic mass is 10.2. The van der Waals surface area contributed by atoms with Crippen molar-refractivity contribution in [2.45, 2.75) is 15.2 Å². The first-order chi connectivity index (χ1) is 16.4. The molecule has 0 aliphatic heterocycles. The molecule has 2 heterocycles.